The summed E-state index contributed by atoms with van der Waals surface area (Å²) in [6.45, 7) is 1.94. The van der Waals surface area contributed by atoms with Crippen molar-refractivity contribution < 1.29 is 4.79 Å². The highest BCUT2D eigenvalue weighted by atomic mass is 16.1. The number of carbonyl (C=O) groups excluding carboxylic acids is 1. The van der Waals surface area contributed by atoms with Gasteiger partial charge in [0.05, 0.1) is 5.69 Å². The maximum Gasteiger partial charge on any atom is 0.267 e. The summed E-state index contributed by atoms with van der Waals surface area (Å²) in [5.74, 6) is -0.518. The van der Waals surface area contributed by atoms with Crippen molar-refractivity contribution in [3.8, 4) is 11.3 Å². The Labute approximate surface area is 93.2 Å². The van der Waals surface area contributed by atoms with Crippen LogP contribution >= 0.6 is 0 Å². The molecule has 2 aromatic heterocycles. The number of hydrogen-bond donors (Lipinski definition) is 1. The summed E-state index contributed by atoms with van der Waals surface area (Å²) >= 11 is 0. The van der Waals surface area contributed by atoms with Crippen LogP contribution in [0.15, 0.2) is 36.7 Å². The molecule has 2 rings (SSSR count). The van der Waals surface area contributed by atoms with Crippen LogP contribution in [-0.4, -0.2) is 15.9 Å². The van der Waals surface area contributed by atoms with Crippen LogP contribution in [0.25, 0.3) is 11.3 Å². The van der Waals surface area contributed by atoms with Gasteiger partial charge < -0.3 is 5.73 Å². The van der Waals surface area contributed by atoms with Gasteiger partial charge in [-0.1, -0.05) is 6.07 Å². The lowest BCUT2D eigenvalue weighted by atomic mass is 10.1. The van der Waals surface area contributed by atoms with E-state index in [1.165, 1.54) is 0 Å². The van der Waals surface area contributed by atoms with Crippen molar-refractivity contribution in [2.75, 3.05) is 0 Å². The van der Waals surface area contributed by atoms with Gasteiger partial charge in [-0.2, -0.15) is 0 Å². The molecule has 0 aromatic carbocycles. The molecule has 80 valence electrons. The van der Waals surface area contributed by atoms with Gasteiger partial charge in [0.2, 0.25) is 0 Å². The van der Waals surface area contributed by atoms with Gasteiger partial charge in [0.1, 0.15) is 5.69 Å². The predicted octanol–water partition coefficient (Wildman–Crippen LogP) is 1.55. The van der Waals surface area contributed by atoms with E-state index in [4.69, 9.17) is 5.73 Å². The summed E-state index contributed by atoms with van der Waals surface area (Å²) in [4.78, 5) is 19.2. The van der Waals surface area contributed by atoms with E-state index < -0.39 is 5.91 Å². The number of carbonyl (C=O) groups is 1. The van der Waals surface area contributed by atoms with Gasteiger partial charge in [0.15, 0.2) is 0 Å². The van der Waals surface area contributed by atoms with Crippen molar-refractivity contribution in [2.45, 2.75) is 6.92 Å². The second kappa shape index (κ2) is 4.10. The number of nitrogens with two attached hydrogens (primary N) is 1. The van der Waals surface area contributed by atoms with Gasteiger partial charge in [0.25, 0.3) is 5.91 Å². The van der Waals surface area contributed by atoms with Gasteiger partial charge in [-0.3, -0.25) is 9.78 Å². The van der Waals surface area contributed by atoms with Crippen molar-refractivity contribution in [1.29, 1.82) is 0 Å². The molecule has 16 heavy (non-hydrogen) atoms. The number of nitrogens with zero attached hydrogens (tertiary/aromatic N) is 2. The summed E-state index contributed by atoms with van der Waals surface area (Å²) in [6.07, 6.45) is 3.38. The van der Waals surface area contributed by atoms with Crippen LogP contribution in [0.4, 0.5) is 0 Å². The van der Waals surface area contributed by atoms with E-state index in [0.717, 1.165) is 16.8 Å². The zero-order chi connectivity index (χ0) is 11.5. The zero-order valence-corrected chi connectivity index (χ0v) is 8.84. The summed E-state index contributed by atoms with van der Waals surface area (Å²) in [7, 11) is 0. The Hall–Kier alpha value is -2.23. The molecule has 2 aromatic rings. The van der Waals surface area contributed by atoms with Crippen molar-refractivity contribution >= 4 is 5.91 Å². The minimum Gasteiger partial charge on any atom is -0.364 e. The Balaban J connectivity index is 2.56. The topological polar surface area (TPSA) is 68.9 Å². The molecule has 1 amide bonds. The van der Waals surface area contributed by atoms with Crippen LogP contribution in [-0.2, 0) is 0 Å². The molecular formula is C12H11N3O. The fourth-order valence-corrected chi connectivity index (χ4v) is 1.47. The smallest absolute Gasteiger partial charge is 0.267 e. The predicted molar refractivity (Wildman–Crippen MR) is 60.7 cm³/mol. The molecule has 0 aliphatic carbocycles. The molecule has 0 unspecified atom stereocenters. The van der Waals surface area contributed by atoms with Crippen LogP contribution in [0.1, 0.15) is 16.1 Å². The lowest BCUT2D eigenvalue weighted by Crippen LogP contribution is -2.13. The molecule has 4 nitrogen and oxygen atoms in total. The molecular weight excluding hydrogens is 202 g/mol. The molecule has 0 radical (unpaired) electrons. The van der Waals surface area contributed by atoms with E-state index in [9.17, 15) is 4.79 Å². The zero-order valence-electron chi connectivity index (χ0n) is 8.84. The molecule has 2 heterocycles. The van der Waals surface area contributed by atoms with Gasteiger partial charge in [-0.15, -0.1) is 0 Å². The Morgan fingerprint density at radius 3 is 2.50 bits per heavy atom. The molecule has 0 saturated heterocycles. The average Bonchev–Trinajstić information content (AvgIpc) is 2.30. The average molecular weight is 213 g/mol. The fraction of sp³-hybridized carbons (Fsp3) is 0.0833. The second-order valence-corrected chi connectivity index (χ2v) is 3.46. The molecule has 0 saturated carbocycles. The Morgan fingerprint density at radius 1 is 1.19 bits per heavy atom. The van der Waals surface area contributed by atoms with Crippen LogP contribution in [0.5, 0.6) is 0 Å². The number of rotatable bonds is 2. The minimum absolute atomic E-state index is 0.275. The summed E-state index contributed by atoms with van der Waals surface area (Å²) < 4.78 is 0. The van der Waals surface area contributed by atoms with Crippen LogP contribution in [0.2, 0.25) is 0 Å². The summed E-state index contributed by atoms with van der Waals surface area (Å²) in [6, 6.07) is 7.16. The molecule has 0 spiro atoms. The molecule has 4 heteroatoms. The third-order valence-electron chi connectivity index (χ3n) is 2.30. The van der Waals surface area contributed by atoms with Crippen molar-refractivity contribution in [1.82, 2.24) is 9.97 Å². The number of aryl methyl sites for hydroxylation is 1. The highest BCUT2D eigenvalue weighted by Crippen LogP contribution is 2.20. The third kappa shape index (κ3) is 1.91. The van der Waals surface area contributed by atoms with E-state index in [2.05, 4.69) is 9.97 Å². The molecule has 0 aliphatic heterocycles. The second-order valence-electron chi connectivity index (χ2n) is 3.46. The minimum atomic E-state index is -0.518. The number of hydrogen-bond acceptors (Lipinski definition) is 3. The molecule has 2 N–H and O–H groups in total. The van der Waals surface area contributed by atoms with Gasteiger partial charge in [0, 0.05) is 18.0 Å². The van der Waals surface area contributed by atoms with Crippen LogP contribution in [0.3, 0.4) is 0 Å². The van der Waals surface area contributed by atoms with Gasteiger partial charge >= 0.3 is 0 Å². The standard InChI is InChI=1S/C12H11N3O/c1-8-2-3-10(12(13)16)15-11(8)9-4-6-14-7-5-9/h2-7H,1H3,(H2,13,16). The molecule has 0 fully saturated rings. The first kappa shape index (κ1) is 10.3. The number of amides is 1. The first-order chi connectivity index (χ1) is 7.68. The van der Waals surface area contributed by atoms with Crippen LogP contribution < -0.4 is 5.73 Å². The SMILES string of the molecule is Cc1ccc(C(N)=O)nc1-c1ccncc1. The maximum absolute atomic E-state index is 11.0. The number of aromatic nitrogens is 2. The first-order valence-corrected chi connectivity index (χ1v) is 4.86. The van der Waals surface area contributed by atoms with E-state index in [1.54, 1.807) is 18.5 Å². The van der Waals surface area contributed by atoms with E-state index in [0.29, 0.717) is 0 Å². The Kier molecular flexibility index (Phi) is 2.64. The molecule has 0 aliphatic rings. The van der Waals surface area contributed by atoms with E-state index >= 15 is 0 Å². The Bertz CT molecular complexity index is 523. The fourth-order valence-electron chi connectivity index (χ4n) is 1.47. The van der Waals surface area contributed by atoms with Crippen LogP contribution in [0, 0.1) is 6.92 Å². The maximum atomic E-state index is 11.0. The number of pyridine rings is 2. The number of primary amides is 1. The van der Waals surface area contributed by atoms with E-state index in [1.807, 2.05) is 25.1 Å². The summed E-state index contributed by atoms with van der Waals surface area (Å²) in [5, 5.41) is 0. The largest absolute Gasteiger partial charge is 0.364 e. The molecule has 0 bridgehead atoms. The summed E-state index contributed by atoms with van der Waals surface area (Å²) in [5.41, 5.74) is 8.16. The first-order valence-electron chi connectivity index (χ1n) is 4.86. The normalized spacial score (nSPS) is 10.1. The van der Waals surface area contributed by atoms with Crippen molar-refractivity contribution in [3.63, 3.8) is 0 Å². The third-order valence-corrected chi connectivity index (χ3v) is 2.30. The lowest BCUT2D eigenvalue weighted by molar-refractivity contribution is 0.0995. The van der Waals surface area contributed by atoms with Gasteiger partial charge in [-0.25, -0.2) is 4.98 Å². The monoisotopic (exact) mass is 213 g/mol. The van der Waals surface area contributed by atoms with Gasteiger partial charge in [-0.05, 0) is 30.7 Å². The highest BCUT2D eigenvalue weighted by Gasteiger charge is 2.07. The van der Waals surface area contributed by atoms with Crippen molar-refractivity contribution in [3.05, 3.63) is 47.9 Å². The van der Waals surface area contributed by atoms with Crippen molar-refractivity contribution in [2.24, 2.45) is 5.73 Å². The lowest BCUT2D eigenvalue weighted by Gasteiger charge is -2.05. The Morgan fingerprint density at radius 2 is 1.88 bits per heavy atom. The molecule has 0 atom stereocenters. The highest BCUT2D eigenvalue weighted by molar-refractivity contribution is 5.91. The van der Waals surface area contributed by atoms with E-state index in [-0.39, 0.29) is 5.69 Å². The quantitative estimate of drug-likeness (QED) is 0.822.